The minimum Gasteiger partial charge on any atom is -0.381 e. The van der Waals surface area contributed by atoms with Crippen molar-refractivity contribution in [1.29, 1.82) is 0 Å². The van der Waals surface area contributed by atoms with Gasteiger partial charge in [0.2, 0.25) is 0 Å². The van der Waals surface area contributed by atoms with Crippen LogP contribution in [0.5, 0.6) is 0 Å². The highest BCUT2D eigenvalue weighted by Crippen LogP contribution is 2.47. The Morgan fingerprint density at radius 3 is 2.76 bits per heavy atom. The molecule has 0 spiro atoms. The standard InChI is InChI=1S/C15H21FN2O3/c1-4-15(3)13(9-14(15)21-5-2)17-11-6-10(16)7-12(8-11)18(19)20/h6-8,13-14,17H,4-5,9H2,1-3H3. The van der Waals surface area contributed by atoms with Gasteiger partial charge in [-0.25, -0.2) is 4.39 Å². The van der Waals surface area contributed by atoms with Crippen LogP contribution in [0.15, 0.2) is 18.2 Å². The van der Waals surface area contributed by atoms with Crippen LogP contribution in [0.25, 0.3) is 0 Å². The molecule has 0 aliphatic heterocycles. The third-order valence-electron chi connectivity index (χ3n) is 4.55. The first-order chi connectivity index (χ1) is 9.90. The van der Waals surface area contributed by atoms with Crippen LogP contribution in [0.1, 0.15) is 33.6 Å². The Balaban J connectivity index is 2.14. The van der Waals surface area contributed by atoms with E-state index in [1.54, 1.807) is 0 Å². The summed E-state index contributed by atoms with van der Waals surface area (Å²) >= 11 is 0. The Kier molecular flexibility index (Phi) is 4.46. The molecule has 0 bridgehead atoms. The third kappa shape index (κ3) is 3.00. The minimum absolute atomic E-state index is 0.0445. The summed E-state index contributed by atoms with van der Waals surface area (Å²) in [6.07, 6.45) is 1.92. The first-order valence-corrected chi connectivity index (χ1v) is 7.23. The average molecular weight is 296 g/mol. The zero-order chi connectivity index (χ0) is 15.6. The summed E-state index contributed by atoms with van der Waals surface area (Å²) < 4.78 is 19.2. The van der Waals surface area contributed by atoms with Gasteiger partial charge in [0, 0.05) is 29.8 Å². The Labute approximate surface area is 123 Å². The van der Waals surface area contributed by atoms with Gasteiger partial charge in [0.05, 0.1) is 17.1 Å². The number of non-ortho nitro benzene ring substituents is 1. The van der Waals surface area contributed by atoms with E-state index in [2.05, 4.69) is 19.2 Å². The SMILES string of the molecule is CCOC1CC(Nc2cc(F)cc([N+](=O)[O-])c2)C1(C)CC. The van der Waals surface area contributed by atoms with E-state index in [1.165, 1.54) is 12.1 Å². The molecule has 2 rings (SSSR count). The van der Waals surface area contributed by atoms with Gasteiger partial charge in [-0.15, -0.1) is 0 Å². The van der Waals surface area contributed by atoms with Crippen molar-refractivity contribution >= 4 is 11.4 Å². The molecule has 1 fully saturated rings. The van der Waals surface area contributed by atoms with Gasteiger partial charge in [0.1, 0.15) is 5.82 Å². The van der Waals surface area contributed by atoms with Crippen molar-refractivity contribution in [1.82, 2.24) is 0 Å². The lowest BCUT2D eigenvalue weighted by molar-refractivity contribution is -0.385. The molecule has 3 unspecified atom stereocenters. The van der Waals surface area contributed by atoms with E-state index in [1.807, 2.05) is 6.92 Å². The lowest BCUT2D eigenvalue weighted by atomic mass is 9.61. The van der Waals surface area contributed by atoms with Crippen LogP contribution in [0.3, 0.4) is 0 Å². The molecular formula is C15H21FN2O3. The summed E-state index contributed by atoms with van der Waals surface area (Å²) in [4.78, 5) is 10.2. The largest absolute Gasteiger partial charge is 0.381 e. The number of hydrogen-bond donors (Lipinski definition) is 1. The molecule has 0 radical (unpaired) electrons. The second-order valence-corrected chi connectivity index (χ2v) is 5.69. The summed E-state index contributed by atoms with van der Waals surface area (Å²) in [7, 11) is 0. The van der Waals surface area contributed by atoms with Gasteiger partial charge in [0.15, 0.2) is 0 Å². The van der Waals surface area contributed by atoms with E-state index in [4.69, 9.17) is 4.74 Å². The van der Waals surface area contributed by atoms with Crippen LogP contribution in [0.2, 0.25) is 0 Å². The third-order valence-corrected chi connectivity index (χ3v) is 4.55. The average Bonchev–Trinajstić information content (AvgIpc) is 2.44. The zero-order valence-corrected chi connectivity index (χ0v) is 12.6. The van der Waals surface area contributed by atoms with Crippen LogP contribution in [0, 0.1) is 21.3 Å². The Morgan fingerprint density at radius 2 is 2.19 bits per heavy atom. The summed E-state index contributed by atoms with van der Waals surface area (Å²) in [6.45, 7) is 6.85. The van der Waals surface area contributed by atoms with Crippen molar-refractivity contribution in [2.75, 3.05) is 11.9 Å². The summed E-state index contributed by atoms with van der Waals surface area (Å²) in [5.74, 6) is -0.606. The predicted molar refractivity (Wildman–Crippen MR) is 78.9 cm³/mol. The molecule has 21 heavy (non-hydrogen) atoms. The summed E-state index contributed by atoms with van der Waals surface area (Å²) in [5, 5.41) is 14.0. The number of nitro groups is 1. The van der Waals surface area contributed by atoms with Crippen molar-refractivity contribution in [2.24, 2.45) is 5.41 Å². The molecule has 116 valence electrons. The highest BCUT2D eigenvalue weighted by Gasteiger charge is 2.51. The fourth-order valence-electron chi connectivity index (χ4n) is 2.94. The van der Waals surface area contributed by atoms with Crippen molar-refractivity contribution in [2.45, 2.75) is 45.8 Å². The molecule has 1 saturated carbocycles. The number of nitro benzene ring substituents is 1. The molecule has 1 N–H and O–H groups in total. The van der Waals surface area contributed by atoms with Gasteiger partial charge in [-0.2, -0.15) is 0 Å². The smallest absolute Gasteiger partial charge is 0.274 e. The topological polar surface area (TPSA) is 64.4 Å². The lowest BCUT2D eigenvalue weighted by Crippen LogP contribution is -2.59. The number of hydrogen-bond acceptors (Lipinski definition) is 4. The van der Waals surface area contributed by atoms with Gasteiger partial charge < -0.3 is 10.1 Å². The van der Waals surface area contributed by atoms with Crippen molar-refractivity contribution in [3.63, 3.8) is 0 Å². The molecule has 6 heteroatoms. The molecule has 0 amide bonds. The van der Waals surface area contributed by atoms with E-state index in [0.29, 0.717) is 12.3 Å². The highest BCUT2D eigenvalue weighted by molar-refractivity contribution is 5.53. The molecule has 5 nitrogen and oxygen atoms in total. The predicted octanol–water partition coefficient (Wildman–Crippen LogP) is 3.74. The Morgan fingerprint density at radius 1 is 1.48 bits per heavy atom. The summed E-state index contributed by atoms with van der Waals surface area (Å²) in [5.41, 5.74) is 0.162. The number of anilines is 1. The monoisotopic (exact) mass is 296 g/mol. The van der Waals surface area contributed by atoms with Crippen LogP contribution < -0.4 is 5.32 Å². The molecule has 1 aliphatic rings. The molecule has 1 aromatic carbocycles. The van der Waals surface area contributed by atoms with Gasteiger partial charge in [-0.1, -0.05) is 13.8 Å². The summed E-state index contributed by atoms with van der Waals surface area (Å²) in [6, 6.07) is 3.71. The molecule has 0 saturated heterocycles. The lowest BCUT2D eigenvalue weighted by Gasteiger charge is -2.53. The highest BCUT2D eigenvalue weighted by atomic mass is 19.1. The minimum atomic E-state index is -0.606. The van der Waals surface area contributed by atoms with Gasteiger partial charge in [-0.05, 0) is 25.8 Å². The number of nitrogens with one attached hydrogen (secondary N) is 1. The van der Waals surface area contributed by atoms with Gasteiger partial charge in [0.25, 0.3) is 5.69 Å². The maximum atomic E-state index is 13.5. The molecule has 3 atom stereocenters. The molecule has 0 heterocycles. The Bertz CT molecular complexity index is 538. The van der Waals surface area contributed by atoms with Crippen LogP contribution >= 0.6 is 0 Å². The van der Waals surface area contributed by atoms with Crippen LogP contribution in [0.4, 0.5) is 15.8 Å². The number of benzene rings is 1. The van der Waals surface area contributed by atoms with Crippen molar-refractivity contribution in [3.8, 4) is 0 Å². The molecule has 1 aliphatic carbocycles. The first-order valence-electron chi connectivity index (χ1n) is 7.23. The maximum absolute atomic E-state index is 13.5. The number of ether oxygens (including phenoxy) is 1. The van der Waals surface area contributed by atoms with E-state index in [0.717, 1.165) is 18.9 Å². The quantitative estimate of drug-likeness (QED) is 0.641. The van der Waals surface area contributed by atoms with E-state index in [-0.39, 0.29) is 23.2 Å². The van der Waals surface area contributed by atoms with E-state index in [9.17, 15) is 14.5 Å². The van der Waals surface area contributed by atoms with Gasteiger partial charge in [-0.3, -0.25) is 10.1 Å². The van der Waals surface area contributed by atoms with Crippen molar-refractivity contribution < 1.29 is 14.1 Å². The Hall–Kier alpha value is -1.69. The van der Waals surface area contributed by atoms with Crippen molar-refractivity contribution in [3.05, 3.63) is 34.1 Å². The number of rotatable bonds is 6. The molecule has 1 aromatic rings. The van der Waals surface area contributed by atoms with E-state index >= 15 is 0 Å². The van der Waals surface area contributed by atoms with Crippen LogP contribution in [-0.2, 0) is 4.74 Å². The maximum Gasteiger partial charge on any atom is 0.274 e. The normalized spacial score (nSPS) is 28.0. The second kappa shape index (κ2) is 5.97. The first kappa shape index (κ1) is 15.7. The zero-order valence-electron chi connectivity index (χ0n) is 12.6. The van der Waals surface area contributed by atoms with E-state index < -0.39 is 10.7 Å². The fourth-order valence-corrected chi connectivity index (χ4v) is 2.94. The fraction of sp³-hybridized carbons (Fsp3) is 0.600. The number of nitrogens with zero attached hydrogens (tertiary/aromatic N) is 1. The molecular weight excluding hydrogens is 275 g/mol. The van der Waals surface area contributed by atoms with Crippen LogP contribution in [-0.4, -0.2) is 23.7 Å². The molecule has 0 aromatic heterocycles. The number of halogens is 1. The second-order valence-electron chi connectivity index (χ2n) is 5.69. The van der Waals surface area contributed by atoms with Gasteiger partial charge >= 0.3 is 0 Å².